The van der Waals surface area contributed by atoms with Crippen LogP contribution in [0.3, 0.4) is 0 Å². The smallest absolute Gasteiger partial charge is 0.244 e. The maximum absolute atomic E-state index is 13.2. The van der Waals surface area contributed by atoms with Gasteiger partial charge in [0, 0.05) is 0 Å². The highest BCUT2D eigenvalue weighted by molar-refractivity contribution is 7.92. The van der Waals surface area contributed by atoms with Gasteiger partial charge in [0.25, 0.3) is 0 Å². The van der Waals surface area contributed by atoms with Gasteiger partial charge in [0.1, 0.15) is 11.8 Å². The van der Waals surface area contributed by atoms with Crippen molar-refractivity contribution in [2.45, 2.75) is 53.1 Å². The highest BCUT2D eigenvalue weighted by Crippen LogP contribution is 2.33. The highest BCUT2D eigenvalue weighted by Gasteiger charge is 2.32. The van der Waals surface area contributed by atoms with E-state index in [0.717, 1.165) is 32.8 Å². The van der Waals surface area contributed by atoms with Crippen LogP contribution in [0.4, 0.5) is 5.69 Å². The molecule has 6 nitrogen and oxygen atoms in total. The first-order valence-corrected chi connectivity index (χ1v) is 11.9. The minimum Gasteiger partial charge on any atom is -0.495 e. The molecule has 0 fully saturated rings. The lowest BCUT2D eigenvalue weighted by Gasteiger charge is -2.31. The fourth-order valence-electron chi connectivity index (χ4n) is 3.66. The summed E-state index contributed by atoms with van der Waals surface area (Å²) in [6.45, 7) is 9.49. The third-order valence-electron chi connectivity index (χ3n) is 5.19. The fraction of sp³-hybridized carbons (Fsp3) is 0.435. The van der Waals surface area contributed by atoms with E-state index in [0.29, 0.717) is 17.9 Å². The third kappa shape index (κ3) is 5.33. The van der Waals surface area contributed by atoms with Crippen LogP contribution in [0.25, 0.3) is 0 Å². The molecule has 0 bridgehead atoms. The number of carbonyl (C=O) groups is 1. The summed E-state index contributed by atoms with van der Waals surface area (Å²) in [4.78, 5) is 13.2. The molecule has 1 amide bonds. The molecule has 7 heteroatoms. The number of benzene rings is 2. The number of rotatable bonds is 8. The van der Waals surface area contributed by atoms with Crippen molar-refractivity contribution in [3.05, 3.63) is 58.7 Å². The predicted molar refractivity (Wildman–Crippen MR) is 122 cm³/mol. The van der Waals surface area contributed by atoms with Crippen LogP contribution in [-0.2, 0) is 14.8 Å². The van der Waals surface area contributed by atoms with Gasteiger partial charge in [-0.3, -0.25) is 9.10 Å². The molecule has 1 N–H and O–H groups in total. The van der Waals surface area contributed by atoms with Crippen LogP contribution < -0.4 is 14.4 Å². The van der Waals surface area contributed by atoms with Gasteiger partial charge in [-0.25, -0.2) is 8.42 Å². The average molecular weight is 433 g/mol. The molecule has 2 aromatic carbocycles. The predicted octanol–water partition coefficient (Wildman–Crippen LogP) is 4.04. The van der Waals surface area contributed by atoms with Gasteiger partial charge >= 0.3 is 0 Å². The Balaban J connectivity index is 2.40. The summed E-state index contributed by atoms with van der Waals surface area (Å²) in [6.07, 6.45) is 1.79. The summed E-state index contributed by atoms with van der Waals surface area (Å²) < 4.78 is 31.8. The number of carbonyl (C=O) groups excluding carboxylic acids is 1. The van der Waals surface area contributed by atoms with Gasteiger partial charge in [0.2, 0.25) is 15.9 Å². The number of hydrogen-bond acceptors (Lipinski definition) is 4. The molecule has 0 aliphatic rings. The Hall–Kier alpha value is -2.54. The molecule has 0 radical (unpaired) electrons. The Kier molecular flexibility index (Phi) is 7.53. The van der Waals surface area contributed by atoms with Gasteiger partial charge < -0.3 is 10.1 Å². The number of methoxy groups -OCH3 is 1. The van der Waals surface area contributed by atoms with E-state index in [-0.39, 0.29) is 11.9 Å². The van der Waals surface area contributed by atoms with Crippen LogP contribution in [0.1, 0.15) is 48.6 Å². The van der Waals surface area contributed by atoms with Gasteiger partial charge in [-0.1, -0.05) is 36.8 Å². The zero-order valence-electron chi connectivity index (χ0n) is 18.8. The maximum atomic E-state index is 13.2. The molecule has 30 heavy (non-hydrogen) atoms. The Labute approximate surface area is 180 Å². The number of sulfonamides is 1. The molecule has 0 saturated heterocycles. The molecule has 0 aliphatic heterocycles. The second-order valence-electron chi connectivity index (χ2n) is 7.74. The Morgan fingerprint density at radius 2 is 1.70 bits per heavy atom. The average Bonchev–Trinajstić information content (AvgIpc) is 2.65. The zero-order chi connectivity index (χ0) is 22.6. The maximum Gasteiger partial charge on any atom is 0.244 e. The number of amides is 1. The van der Waals surface area contributed by atoms with Crippen molar-refractivity contribution in [2.75, 3.05) is 17.7 Å². The highest BCUT2D eigenvalue weighted by atomic mass is 32.2. The van der Waals surface area contributed by atoms with Crippen molar-refractivity contribution >= 4 is 21.6 Å². The van der Waals surface area contributed by atoms with E-state index >= 15 is 0 Å². The second-order valence-corrected chi connectivity index (χ2v) is 9.60. The lowest BCUT2D eigenvalue weighted by Crippen LogP contribution is -2.48. The van der Waals surface area contributed by atoms with Gasteiger partial charge in [-0.2, -0.15) is 0 Å². The van der Waals surface area contributed by atoms with E-state index in [1.807, 2.05) is 45.9 Å². The second kappa shape index (κ2) is 9.51. The molecule has 2 rings (SSSR count). The van der Waals surface area contributed by atoms with Crippen LogP contribution in [0.15, 0.2) is 36.4 Å². The first-order valence-electron chi connectivity index (χ1n) is 10.0. The van der Waals surface area contributed by atoms with Crippen molar-refractivity contribution in [3.63, 3.8) is 0 Å². The SMILES string of the molecule is CC[C@@H](NC(=O)[C@H](C)N(c1cc(C)ccc1OC)S(C)(=O)=O)c1ccc(C)cc1C. The molecule has 0 unspecified atom stereocenters. The normalized spacial score (nSPS) is 13.4. The fourth-order valence-corrected chi connectivity index (χ4v) is 4.83. The molecule has 0 heterocycles. The van der Waals surface area contributed by atoms with E-state index in [4.69, 9.17) is 4.74 Å². The molecule has 164 valence electrons. The van der Waals surface area contributed by atoms with Crippen molar-refractivity contribution in [2.24, 2.45) is 0 Å². The van der Waals surface area contributed by atoms with E-state index < -0.39 is 16.1 Å². The van der Waals surface area contributed by atoms with Gasteiger partial charge in [-0.05, 0) is 62.9 Å². The van der Waals surface area contributed by atoms with E-state index in [1.54, 1.807) is 19.1 Å². The van der Waals surface area contributed by atoms with Crippen molar-refractivity contribution in [1.82, 2.24) is 5.32 Å². The zero-order valence-corrected chi connectivity index (χ0v) is 19.6. The first kappa shape index (κ1) is 23.7. The van der Waals surface area contributed by atoms with Gasteiger partial charge in [0.15, 0.2) is 0 Å². The van der Waals surface area contributed by atoms with Gasteiger partial charge in [0.05, 0.1) is 25.1 Å². The number of nitrogens with zero attached hydrogens (tertiary/aromatic N) is 1. The number of anilines is 1. The number of aryl methyl sites for hydroxylation is 3. The molecule has 0 saturated carbocycles. The van der Waals surface area contributed by atoms with E-state index in [9.17, 15) is 13.2 Å². The summed E-state index contributed by atoms with van der Waals surface area (Å²) in [5.74, 6) is 0.0305. The van der Waals surface area contributed by atoms with Crippen LogP contribution in [0.2, 0.25) is 0 Å². The Bertz CT molecular complexity index is 1020. The molecule has 0 aromatic heterocycles. The topological polar surface area (TPSA) is 75.7 Å². The standard InChI is InChI=1S/C23H32N2O4S/c1-8-20(19-11-9-15(2)13-17(19)4)24-23(26)18(5)25(30(7,27)28)21-14-16(3)10-12-22(21)29-6/h9-14,18,20H,8H2,1-7H3,(H,24,26)/t18-,20+/m0/s1. The minimum atomic E-state index is -3.74. The van der Waals surface area contributed by atoms with Crippen molar-refractivity contribution < 1.29 is 17.9 Å². The molecule has 0 aliphatic carbocycles. The summed E-state index contributed by atoms with van der Waals surface area (Å²) in [5, 5.41) is 3.03. The summed E-state index contributed by atoms with van der Waals surface area (Å²) in [6, 6.07) is 10.2. The first-order chi connectivity index (χ1) is 14.0. The molecular formula is C23H32N2O4S. The van der Waals surface area contributed by atoms with Crippen LogP contribution in [-0.4, -0.2) is 33.7 Å². The van der Waals surface area contributed by atoms with Crippen molar-refractivity contribution in [3.8, 4) is 5.75 Å². The van der Waals surface area contributed by atoms with E-state index in [2.05, 4.69) is 11.4 Å². The third-order valence-corrected chi connectivity index (χ3v) is 6.41. The van der Waals surface area contributed by atoms with Gasteiger partial charge in [-0.15, -0.1) is 0 Å². The molecular weight excluding hydrogens is 400 g/mol. The van der Waals surface area contributed by atoms with E-state index in [1.165, 1.54) is 7.11 Å². The van der Waals surface area contributed by atoms with Crippen LogP contribution >= 0.6 is 0 Å². The monoisotopic (exact) mass is 432 g/mol. The molecule has 0 spiro atoms. The lowest BCUT2D eigenvalue weighted by molar-refractivity contribution is -0.122. The van der Waals surface area contributed by atoms with Crippen molar-refractivity contribution in [1.29, 1.82) is 0 Å². The summed E-state index contributed by atoms with van der Waals surface area (Å²) in [5.41, 5.74) is 4.49. The van der Waals surface area contributed by atoms with Crippen LogP contribution in [0.5, 0.6) is 5.75 Å². The number of ether oxygens (including phenoxy) is 1. The number of nitrogens with one attached hydrogen (secondary N) is 1. The summed E-state index contributed by atoms with van der Waals surface area (Å²) >= 11 is 0. The number of hydrogen-bond donors (Lipinski definition) is 1. The lowest BCUT2D eigenvalue weighted by atomic mass is 9.97. The Morgan fingerprint density at radius 3 is 2.23 bits per heavy atom. The molecule has 2 aromatic rings. The minimum absolute atomic E-state index is 0.207. The summed E-state index contributed by atoms with van der Waals surface area (Å²) in [7, 11) is -2.26. The Morgan fingerprint density at radius 1 is 1.10 bits per heavy atom. The van der Waals surface area contributed by atoms with Crippen LogP contribution in [0, 0.1) is 20.8 Å². The quantitative estimate of drug-likeness (QED) is 0.683. The largest absolute Gasteiger partial charge is 0.495 e. The molecule has 2 atom stereocenters.